The van der Waals surface area contributed by atoms with Crippen molar-refractivity contribution >= 4 is 22.8 Å². The molecular formula is C8H10BrOP. The summed E-state index contributed by atoms with van der Waals surface area (Å²) in [6.45, 7) is 2.07. The van der Waals surface area contributed by atoms with E-state index in [1.165, 1.54) is 5.56 Å². The molecule has 1 aromatic rings. The zero-order valence-electron chi connectivity index (χ0n) is 6.30. The highest BCUT2D eigenvalue weighted by atomic mass is 79.9. The van der Waals surface area contributed by atoms with E-state index >= 15 is 0 Å². The van der Waals surface area contributed by atoms with Gasteiger partial charge in [-0.05, 0) is 26.3 Å². The number of aryl methyl sites for hydroxylation is 1. The summed E-state index contributed by atoms with van der Waals surface area (Å²) in [4.78, 5) is 0. The zero-order chi connectivity index (χ0) is 8.10. The molecule has 0 aliphatic carbocycles. The fourth-order valence-electron chi connectivity index (χ4n) is 0.745. The fraction of sp³-hybridized carbons (Fsp3) is 0.250. The summed E-state index contributed by atoms with van der Waals surface area (Å²) in [5.41, 5.74) is 1.26. The summed E-state index contributed by atoms with van der Waals surface area (Å²) in [5.74, 6) is 0.947. The third-order valence-corrected chi connectivity index (χ3v) is 2.25. The van der Waals surface area contributed by atoms with Crippen molar-refractivity contribution in [3.63, 3.8) is 0 Å². The lowest BCUT2D eigenvalue weighted by Crippen LogP contribution is -1.88. The highest BCUT2D eigenvalue weighted by molar-refractivity contribution is 9.36. The van der Waals surface area contributed by atoms with Gasteiger partial charge in [0.15, 0.2) is 0 Å². The Hall–Kier alpha value is -0.0700. The predicted octanol–water partition coefficient (Wildman–Crippen LogP) is 3.32. The highest BCUT2D eigenvalue weighted by Gasteiger charge is 1.90. The van der Waals surface area contributed by atoms with Crippen LogP contribution in [-0.2, 0) is 0 Å². The van der Waals surface area contributed by atoms with Gasteiger partial charge in [-0.1, -0.05) is 33.2 Å². The molecule has 0 aromatic heterocycles. The zero-order valence-corrected chi connectivity index (χ0v) is 8.89. The molecule has 1 nitrogen and oxygen atoms in total. The van der Waals surface area contributed by atoms with Gasteiger partial charge in [0.25, 0.3) is 0 Å². The number of benzene rings is 1. The van der Waals surface area contributed by atoms with Crippen LogP contribution in [0.1, 0.15) is 5.56 Å². The van der Waals surface area contributed by atoms with Gasteiger partial charge in [-0.25, -0.2) is 0 Å². The molecule has 0 fully saturated rings. The molecule has 1 atom stereocenters. The quantitative estimate of drug-likeness (QED) is 0.727. The van der Waals surface area contributed by atoms with Crippen molar-refractivity contribution in [1.29, 1.82) is 0 Å². The summed E-state index contributed by atoms with van der Waals surface area (Å²) in [7, 11) is 0.671. The Bertz CT molecular complexity index is 210. The molecule has 1 aromatic carbocycles. The average molecular weight is 233 g/mol. The Balaban J connectivity index is 2.52. The molecule has 60 valence electrons. The van der Waals surface area contributed by atoms with E-state index < -0.39 is 0 Å². The van der Waals surface area contributed by atoms with Crippen LogP contribution in [0, 0.1) is 6.92 Å². The molecule has 1 rings (SSSR count). The van der Waals surface area contributed by atoms with E-state index in [-0.39, 0.29) is 0 Å². The van der Waals surface area contributed by atoms with Crippen LogP contribution in [0.4, 0.5) is 0 Å². The van der Waals surface area contributed by atoms with Gasteiger partial charge in [0.05, 0.1) is 0 Å². The lowest BCUT2D eigenvalue weighted by Gasteiger charge is -2.02. The van der Waals surface area contributed by atoms with Gasteiger partial charge in [-0.3, -0.25) is 0 Å². The van der Waals surface area contributed by atoms with E-state index in [4.69, 9.17) is 4.74 Å². The summed E-state index contributed by atoms with van der Waals surface area (Å²) in [6.07, 6.45) is 0.753. The summed E-state index contributed by atoms with van der Waals surface area (Å²) < 4.78 is 5.38. The third-order valence-electron chi connectivity index (χ3n) is 1.31. The Labute approximate surface area is 76.7 Å². The van der Waals surface area contributed by atoms with Gasteiger partial charge in [0, 0.05) is 0 Å². The number of rotatable bonds is 3. The first-order chi connectivity index (χ1) is 5.33. The first kappa shape index (κ1) is 9.02. The van der Waals surface area contributed by atoms with E-state index in [1.54, 1.807) is 0 Å². The second kappa shape index (κ2) is 4.74. The molecule has 3 heteroatoms. The van der Waals surface area contributed by atoms with Gasteiger partial charge in [0.2, 0.25) is 0 Å². The van der Waals surface area contributed by atoms with Crippen LogP contribution in [0.3, 0.4) is 0 Å². The molecule has 0 spiro atoms. The molecule has 1 unspecified atom stereocenters. The van der Waals surface area contributed by atoms with Crippen LogP contribution < -0.4 is 4.74 Å². The Kier molecular flexibility index (Phi) is 3.88. The maximum atomic E-state index is 5.38. The largest absolute Gasteiger partial charge is 0.489 e. The summed E-state index contributed by atoms with van der Waals surface area (Å²) >= 11 is 3.32. The molecule has 0 amide bonds. The van der Waals surface area contributed by atoms with E-state index in [2.05, 4.69) is 22.4 Å². The fourth-order valence-corrected chi connectivity index (χ4v) is 1.31. The van der Waals surface area contributed by atoms with Crippen LogP contribution in [0.15, 0.2) is 24.3 Å². The van der Waals surface area contributed by atoms with Crippen molar-refractivity contribution in [3.05, 3.63) is 29.8 Å². The number of hydrogen-bond donors (Lipinski definition) is 0. The van der Waals surface area contributed by atoms with Crippen molar-refractivity contribution in [2.24, 2.45) is 0 Å². The van der Waals surface area contributed by atoms with Gasteiger partial charge >= 0.3 is 0 Å². The second-order valence-electron chi connectivity index (χ2n) is 2.24. The van der Waals surface area contributed by atoms with Crippen LogP contribution in [0.5, 0.6) is 5.75 Å². The lowest BCUT2D eigenvalue weighted by molar-refractivity contribution is 0.392. The molecule has 0 aliphatic heterocycles. The average Bonchev–Trinajstić information content (AvgIpc) is 2.04. The second-order valence-corrected chi connectivity index (χ2v) is 4.47. The van der Waals surface area contributed by atoms with Crippen molar-refractivity contribution in [2.45, 2.75) is 6.92 Å². The van der Waals surface area contributed by atoms with Crippen LogP contribution >= 0.6 is 22.8 Å². The van der Waals surface area contributed by atoms with Crippen LogP contribution in [0.2, 0.25) is 0 Å². The molecule has 11 heavy (non-hydrogen) atoms. The Morgan fingerprint density at radius 3 is 2.55 bits per heavy atom. The number of hydrogen-bond acceptors (Lipinski definition) is 1. The van der Waals surface area contributed by atoms with Gasteiger partial charge in [0.1, 0.15) is 12.1 Å². The predicted molar refractivity (Wildman–Crippen MR) is 53.9 cm³/mol. The molecule has 0 bridgehead atoms. The number of ether oxygens (including phenoxy) is 1. The third kappa shape index (κ3) is 3.22. The molecule has 0 saturated heterocycles. The minimum Gasteiger partial charge on any atom is -0.489 e. The first-order valence-corrected chi connectivity index (χ1v) is 6.82. The summed E-state index contributed by atoms with van der Waals surface area (Å²) in [6, 6.07) is 8.07. The first-order valence-electron chi connectivity index (χ1n) is 3.36. The van der Waals surface area contributed by atoms with Gasteiger partial charge in [-0.2, -0.15) is 0 Å². The van der Waals surface area contributed by atoms with E-state index in [1.807, 2.05) is 24.3 Å². The monoisotopic (exact) mass is 232 g/mol. The Morgan fingerprint density at radius 1 is 1.36 bits per heavy atom. The van der Waals surface area contributed by atoms with Crippen LogP contribution in [0.25, 0.3) is 0 Å². The lowest BCUT2D eigenvalue weighted by atomic mass is 10.2. The maximum Gasteiger partial charge on any atom is 0.119 e. The van der Waals surface area contributed by atoms with Crippen molar-refractivity contribution in [1.82, 2.24) is 0 Å². The topological polar surface area (TPSA) is 9.23 Å². The standard InChI is InChI=1S/C8H10BrOP/c1-7-2-4-8(5-3-7)10-6-11-9/h2-5,11H,6H2,1H3. The minimum absolute atomic E-state index is 0.671. The van der Waals surface area contributed by atoms with Crippen molar-refractivity contribution in [2.75, 3.05) is 6.35 Å². The normalized spacial score (nSPS) is 10.7. The molecule has 0 saturated carbocycles. The molecular weight excluding hydrogens is 223 g/mol. The van der Waals surface area contributed by atoms with E-state index in [0.717, 1.165) is 12.1 Å². The summed E-state index contributed by atoms with van der Waals surface area (Å²) in [5, 5.41) is 0. The maximum absolute atomic E-state index is 5.38. The molecule has 0 heterocycles. The van der Waals surface area contributed by atoms with Crippen LogP contribution in [-0.4, -0.2) is 6.35 Å². The molecule has 0 radical (unpaired) electrons. The van der Waals surface area contributed by atoms with Crippen molar-refractivity contribution < 1.29 is 4.74 Å². The minimum atomic E-state index is 0.671. The molecule has 0 N–H and O–H groups in total. The van der Waals surface area contributed by atoms with E-state index in [0.29, 0.717) is 7.28 Å². The van der Waals surface area contributed by atoms with Gasteiger partial charge in [-0.15, -0.1) is 0 Å². The number of halogens is 1. The SMILES string of the molecule is Cc1ccc(OCPBr)cc1. The molecule has 0 aliphatic rings. The highest BCUT2D eigenvalue weighted by Crippen LogP contribution is 2.21. The van der Waals surface area contributed by atoms with E-state index in [9.17, 15) is 0 Å². The Morgan fingerprint density at radius 2 is 2.00 bits per heavy atom. The van der Waals surface area contributed by atoms with Crippen molar-refractivity contribution in [3.8, 4) is 5.75 Å². The van der Waals surface area contributed by atoms with Gasteiger partial charge < -0.3 is 4.74 Å². The smallest absolute Gasteiger partial charge is 0.119 e.